The number of benzene rings is 2. The fourth-order valence-corrected chi connectivity index (χ4v) is 3.62. The van der Waals surface area contributed by atoms with Gasteiger partial charge in [-0.25, -0.2) is 14.4 Å². The molecule has 0 aromatic heterocycles. The largest absolute Gasteiger partial charge is 0.504 e. The molecule has 4 atom stereocenters. The summed E-state index contributed by atoms with van der Waals surface area (Å²) in [5.74, 6) is -5.31. The van der Waals surface area contributed by atoms with E-state index in [0.717, 1.165) is 12.2 Å². The minimum Gasteiger partial charge on any atom is -0.504 e. The number of hydrogen-bond donors (Lipinski definition) is 7. The van der Waals surface area contributed by atoms with E-state index in [1.54, 1.807) is 0 Å². The normalized spacial score (nSPS) is 23.7. The lowest BCUT2D eigenvalue weighted by Crippen LogP contribution is -2.58. The second kappa shape index (κ2) is 11.0. The van der Waals surface area contributed by atoms with E-state index in [0.29, 0.717) is 11.1 Å². The SMILES string of the molecule is O=C(C=Cc1ccc(O)c(O)c1)OC1CC(O)(C(=O)O)CC(OC(=O)/C=C\c2ccc(O)c(O)c2)C1O. The van der Waals surface area contributed by atoms with Crippen LogP contribution in [0.1, 0.15) is 24.0 Å². The molecule has 12 heteroatoms. The van der Waals surface area contributed by atoms with Gasteiger partial charge in [0.1, 0.15) is 18.3 Å². The van der Waals surface area contributed by atoms with Crippen molar-refractivity contribution in [2.45, 2.75) is 36.8 Å². The fourth-order valence-electron chi connectivity index (χ4n) is 3.62. The molecule has 12 nitrogen and oxygen atoms in total. The van der Waals surface area contributed by atoms with Gasteiger partial charge in [-0.3, -0.25) is 0 Å². The average molecular weight is 516 g/mol. The van der Waals surface area contributed by atoms with Crippen LogP contribution in [0, 0.1) is 0 Å². The number of phenols is 4. The molecule has 0 saturated heterocycles. The second-order valence-corrected chi connectivity index (χ2v) is 8.35. The van der Waals surface area contributed by atoms with E-state index in [4.69, 9.17) is 9.47 Å². The highest BCUT2D eigenvalue weighted by Gasteiger charge is 2.52. The zero-order valence-electron chi connectivity index (χ0n) is 19.1. The van der Waals surface area contributed by atoms with Crippen LogP contribution in [0.3, 0.4) is 0 Å². The van der Waals surface area contributed by atoms with E-state index in [2.05, 4.69) is 0 Å². The highest BCUT2D eigenvalue weighted by Crippen LogP contribution is 2.33. The van der Waals surface area contributed by atoms with Gasteiger partial charge < -0.3 is 45.2 Å². The quantitative estimate of drug-likeness (QED) is 0.156. The Hall–Kier alpha value is -4.55. The number of carboxylic acid groups (broad SMARTS) is 1. The minimum absolute atomic E-state index is 0.319. The maximum Gasteiger partial charge on any atom is 0.335 e. The average Bonchev–Trinajstić information content (AvgIpc) is 2.83. The number of aliphatic carboxylic acids is 1. The van der Waals surface area contributed by atoms with Crippen molar-refractivity contribution in [3.05, 3.63) is 59.7 Å². The highest BCUT2D eigenvalue weighted by atomic mass is 16.6. The van der Waals surface area contributed by atoms with Crippen LogP contribution in [-0.2, 0) is 23.9 Å². The minimum atomic E-state index is -2.48. The molecule has 37 heavy (non-hydrogen) atoms. The van der Waals surface area contributed by atoms with Crippen LogP contribution >= 0.6 is 0 Å². The Balaban J connectivity index is 1.71. The summed E-state index contributed by atoms with van der Waals surface area (Å²) < 4.78 is 10.2. The first kappa shape index (κ1) is 27.0. The van der Waals surface area contributed by atoms with Crippen LogP contribution in [0.5, 0.6) is 23.0 Å². The van der Waals surface area contributed by atoms with Crippen LogP contribution in [0.2, 0.25) is 0 Å². The number of phenolic OH excluding ortho intramolecular Hbond substituents is 4. The highest BCUT2D eigenvalue weighted by molar-refractivity contribution is 5.88. The van der Waals surface area contributed by atoms with Crippen molar-refractivity contribution in [1.29, 1.82) is 0 Å². The Morgan fingerprint density at radius 2 is 1.16 bits per heavy atom. The monoisotopic (exact) mass is 516 g/mol. The van der Waals surface area contributed by atoms with Crippen LogP contribution in [0.4, 0.5) is 0 Å². The molecule has 0 aliphatic heterocycles. The van der Waals surface area contributed by atoms with Crippen molar-refractivity contribution in [3.8, 4) is 23.0 Å². The van der Waals surface area contributed by atoms with Crippen molar-refractivity contribution >= 4 is 30.1 Å². The lowest BCUT2D eigenvalue weighted by molar-refractivity contribution is -0.203. The number of ether oxygens (including phenoxy) is 2. The number of carbonyl (C=O) groups is 3. The number of hydrogen-bond acceptors (Lipinski definition) is 11. The first-order chi connectivity index (χ1) is 17.4. The number of rotatable bonds is 7. The summed E-state index contributed by atoms with van der Waals surface area (Å²) in [4.78, 5) is 36.2. The second-order valence-electron chi connectivity index (χ2n) is 8.35. The van der Waals surface area contributed by atoms with Crippen molar-refractivity contribution in [1.82, 2.24) is 0 Å². The molecule has 0 spiro atoms. The van der Waals surface area contributed by atoms with Crippen LogP contribution in [0.25, 0.3) is 12.2 Å². The van der Waals surface area contributed by atoms with Gasteiger partial charge in [0.15, 0.2) is 28.6 Å². The Labute approximate surface area is 209 Å². The molecule has 0 bridgehead atoms. The number of aliphatic hydroxyl groups is 2. The van der Waals surface area contributed by atoms with Gasteiger partial charge in [0.25, 0.3) is 0 Å². The van der Waals surface area contributed by atoms with Gasteiger partial charge >= 0.3 is 17.9 Å². The summed E-state index contributed by atoms with van der Waals surface area (Å²) in [6.45, 7) is 0. The number of carboxylic acids is 1. The van der Waals surface area contributed by atoms with E-state index in [9.17, 15) is 50.1 Å². The van der Waals surface area contributed by atoms with Crippen molar-refractivity contribution in [3.63, 3.8) is 0 Å². The van der Waals surface area contributed by atoms with Gasteiger partial charge in [-0.2, -0.15) is 0 Å². The molecule has 1 aliphatic rings. The molecule has 0 amide bonds. The molecule has 1 aliphatic carbocycles. The van der Waals surface area contributed by atoms with E-state index in [1.807, 2.05) is 0 Å². The molecule has 1 fully saturated rings. The first-order valence-corrected chi connectivity index (χ1v) is 10.8. The summed E-state index contributed by atoms with van der Waals surface area (Å²) in [6, 6.07) is 7.49. The summed E-state index contributed by atoms with van der Waals surface area (Å²) in [5.41, 5.74) is -1.84. The lowest BCUT2D eigenvalue weighted by Gasteiger charge is -2.40. The fraction of sp³-hybridized carbons (Fsp3) is 0.240. The maximum absolute atomic E-state index is 12.3. The van der Waals surface area contributed by atoms with E-state index >= 15 is 0 Å². The van der Waals surface area contributed by atoms with Gasteiger partial charge in [-0.1, -0.05) is 12.1 Å². The Morgan fingerprint density at radius 1 is 0.757 bits per heavy atom. The van der Waals surface area contributed by atoms with Crippen molar-refractivity contribution in [2.75, 3.05) is 0 Å². The van der Waals surface area contributed by atoms with Crippen LogP contribution in [-0.4, -0.2) is 77.6 Å². The molecule has 2 aromatic rings. The predicted molar refractivity (Wildman–Crippen MR) is 125 cm³/mol. The molecular weight excluding hydrogens is 492 g/mol. The molecule has 1 saturated carbocycles. The van der Waals surface area contributed by atoms with Crippen molar-refractivity contribution < 1.29 is 59.6 Å². The first-order valence-electron chi connectivity index (χ1n) is 10.8. The Kier molecular flexibility index (Phi) is 8.05. The third-order valence-electron chi connectivity index (χ3n) is 5.60. The van der Waals surface area contributed by atoms with E-state index in [1.165, 1.54) is 48.6 Å². The molecule has 4 unspecified atom stereocenters. The van der Waals surface area contributed by atoms with Gasteiger partial charge in [0, 0.05) is 25.0 Å². The zero-order valence-corrected chi connectivity index (χ0v) is 19.1. The molecular formula is C25H24O12. The molecule has 7 N–H and O–H groups in total. The number of esters is 2. The van der Waals surface area contributed by atoms with Gasteiger partial charge in [-0.05, 0) is 47.5 Å². The topological polar surface area (TPSA) is 211 Å². The number of aromatic hydroxyl groups is 4. The summed E-state index contributed by atoms with van der Waals surface area (Å²) in [6.07, 6.45) is -1.86. The lowest BCUT2D eigenvalue weighted by atomic mass is 9.79. The molecule has 0 radical (unpaired) electrons. The summed E-state index contributed by atoms with van der Waals surface area (Å²) in [5, 5.41) is 68.3. The van der Waals surface area contributed by atoms with Crippen molar-refractivity contribution in [2.24, 2.45) is 0 Å². The summed E-state index contributed by atoms with van der Waals surface area (Å²) in [7, 11) is 0. The summed E-state index contributed by atoms with van der Waals surface area (Å²) >= 11 is 0. The Morgan fingerprint density at radius 3 is 1.51 bits per heavy atom. The van der Waals surface area contributed by atoms with Gasteiger partial charge in [-0.15, -0.1) is 0 Å². The van der Waals surface area contributed by atoms with Crippen LogP contribution in [0.15, 0.2) is 48.6 Å². The zero-order chi connectivity index (χ0) is 27.3. The third kappa shape index (κ3) is 6.78. The molecule has 196 valence electrons. The molecule has 0 heterocycles. The van der Waals surface area contributed by atoms with Gasteiger partial charge in [0.05, 0.1) is 0 Å². The number of carbonyl (C=O) groups excluding carboxylic acids is 2. The van der Waals surface area contributed by atoms with E-state index < -0.39 is 66.2 Å². The standard InChI is InChI=1S/C25H24O12/c26-15-5-1-13(9-17(15)28)3-7-21(30)36-19-11-25(35,24(33)34)12-20(23(19)32)37-22(31)8-4-14-2-6-16(27)18(29)10-14/h1-10,19-20,23,26-29,32,35H,11-12H2,(H,33,34)/b7-3-,8-4?. The predicted octanol–water partition coefficient (Wildman–Crippen LogP) is 1.03. The van der Waals surface area contributed by atoms with Crippen LogP contribution < -0.4 is 0 Å². The maximum atomic E-state index is 12.3. The number of aliphatic hydroxyl groups excluding tert-OH is 1. The molecule has 2 aromatic carbocycles. The molecule has 3 rings (SSSR count). The smallest absolute Gasteiger partial charge is 0.335 e. The third-order valence-corrected chi connectivity index (χ3v) is 5.60. The van der Waals surface area contributed by atoms with Gasteiger partial charge in [0.2, 0.25) is 0 Å². The Bertz CT molecular complexity index is 1160. The van der Waals surface area contributed by atoms with E-state index in [-0.39, 0.29) is 11.5 Å².